The van der Waals surface area contributed by atoms with Crippen molar-refractivity contribution in [1.82, 2.24) is 0 Å². The molecular weight excluding hydrogens is 258 g/mol. The standard InChI is InChI=1S/C19H23NO/c1-4-15(2)18(16-11-7-5-8-12-16)19(21)20(3)17-13-9-6-10-14-17/h5-15,18H,4H2,1-3H3. The maximum Gasteiger partial charge on any atom is 0.234 e. The SMILES string of the molecule is CCC(C)C(C(=O)N(C)c1ccccc1)c1ccccc1. The molecule has 2 rings (SSSR count). The molecule has 2 aromatic carbocycles. The Morgan fingerprint density at radius 3 is 2.05 bits per heavy atom. The van der Waals surface area contributed by atoms with E-state index in [0.29, 0.717) is 5.92 Å². The van der Waals surface area contributed by atoms with Crippen molar-refractivity contribution in [2.45, 2.75) is 26.2 Å². The molecule has 0 aromatic heterocycles. The summed E-state index contributed by atoms with van der Waals surface area (Å²) in [4.78, 5) is 14.7. The molecule has 2 unspecified atom stereocenters. The Kier molecular flexibility index (Phi) is 5.15. The lowest BCUT2D eigenvalue weighted by Gasteiger charge is -2.28. The van der Waals surface area contributed by atoms with E-state index in [-0.39, 0.29) is 11.8 Å². The van der Waals surface area contributed by atoms with Crippen molar-refractivity contribution in [1.29, 1.82) is 0 Å². The molecule has 0 aliphatic heterocycles. The zero-order valence-corrected chi connectivity index (χ0v) is 13.0. The zero-order chi connectivity index (χ0) is 15.2. The van der Waals surface area contributed by atoms with E-state index in [4.69, 9.17) is 0 Å². The molecule has 21 heavy (non-hydrogen) atoms. The molecular formula is C19H23NO. The number of amides is 1. The number of carbonyl (C=O) groups is 1. The Morgan fingerprint density at radius 1 is 1.00 bits per heavy atom. The minimum atomic E-state index is -0.0959. The van der Waals surface area contributed by atoms with Crippen molar-refractivity contribution < 1.29 is 4.79 Å². The largest absolute Gasteiger partial charge is 0.315 e. The summed E-state index contributed by atoms with van der Waals surface area (Å²) in [5.74, 6) is 0.370. The lowest BCUT2D eigenvalue weighted by Crippen LogP contribution is -2.34. The van der Waals surface area contributed by atoms with Crippen molar-refractivity contribution in [3.05, 3.63) is 66.2 Å². The molecule has 0 aliphatic rings. The third-order valence-electron chi connectivity index (χ3n) is 4.11. The van der Waals surface area contributed by atoms with Crippen LogP contribution in [0.4, 0.5) is 5.69 Å². The van der Waals surface area contributed by atoms with Crippen LogP contribution in [-0.4, -0.2) is 13.0 Å². The van der Waals surface area contributed by atoms with Gasteiger partial charge in [0.2, 0.25) is 5.91 Å². The molecule has 0 heterocycles. The van der Waals surface area contributed by atoms with Crippen LogP contribution in [0, 0.1) is 5.92 Å². The lowest BCUT2D eigenvalue weighted by molar-refractivity contribution is -0.120. The summed E-state index contributed by atoms with van der Waals surface area (Å²) in [7, 11) is 1.86. The topological polar surface area (TPSA) is 20.3 Å². The van der Waals surface area contributed by atoms with E-state index in [1.807, 2.05) is 67.7 Å². The van der Waals surface area contributed by atoms with E-state index in [1.165, 1.54) is 0 Å². The number of likely N-dealkylation sites (N-methyl/N-ethyl adjacent to an activating group) is 1. The van der Waals surface area contributed by atoms with Crippen LogP contribution < -0.4 is 4.90 Å². The van der Waals surface area contributed by atoms with Gasteiger partial charge in [0.05, 0.1) is 5.92 Å². The summed E-state index contributed by atoms with van der Waals surface area (Å²) in [5.41, 5.74) is 2.03. The fourth-order valence-corrected chi connectivity index (χ4v) is 2.60. The highest BCUT2D eigenvalue weighted by Crippen LogP contribution is 2.30. The first-order valence-corrected chi connectivity index (χ1v) is 7.52. The third kappa shape index (κ3) is 3.52. The van der Waals surface area contributed by atoms with Crippen LogP contribution in [0.25, 0.3) is 0 Å². The lowest BCUT2D eigenvalue weighted by atomic mass is 9.84. The highest BCUT2D eigenvalue weighted by Gasteiger charge is 2.28. The van der Waals surface area contributed by atoms with Crippen molar-refractivity contribution >= 4 is 11.6 Å². The van der Waals surface area contributed by atoms with Crippen molar-refractivity contribution in [2.75, 3.05) is 11.9 Å². The van der Waals surface area contributed by atoms with Gasteiger partial charge in [0.1, 0.15) is 0 Å². The van der Waals surface area contributed by atoms with Gasteiger partial charge in [0.25, 0.3) is 0 Å². The number of rotatable bonds is 5. The molecule has 0 N–H and O–H groups in total. The smallest absolute Gasteiger partial charge is 0.234 e. The molecule has 2 heteroatoms. The second-order valence-electron chi connectivity index (χ2n) is 5.51. The summed E-state index contributed by atoms with van der Waals surface area (Å²) in [6, 6.07) is 19.9. The summed E-state index contributed by atoms with van der Waals surface area (Å²) >= 11 is 0. The third-order valence-corrected chi connectivity index (χ3v) is 4.11. The predicted molar refractivity (Wildman–Crippen MR) is 88.5 cm³/mol. The highest BCUT2D eigenvalue weighted by atomic mass is 16.2. The highest BCUT2D eigenvalue weighted by molar-refractivity contribution is 5.97. The molecule has 110 valence electrons. The molecule has 0 fully saturated rings. The molecule has 0 radical (unpaired) electrons. The van der Waals surface area contributed by atoms with Gasteiger partial charge in [-0.25, -0.2) is 0 Å². The van der Waals surface area contributed by atoms with Gasteiger partial charge in [0, 0.05) is 12.7 Å². The Balaban J connectivity index is 2.31. The molecule has 1 amide bonds. The van der Waals surface area contributed by atoms with Gasteiger partial charge >= 0.3 is 0 Å². The zero-order valence-electron chi connectivity index (χ0n) is 13.0. The van der Waals surface area contributed by atoms with Crippen LogP contribution in [0.2, 0.25) is 0 Å². The van der Waals surface area contributed by atoms with Crippen molar-refractivity contribution in [3.63, 3.8) is 0 Å². The molecule has 0 bridgehead atoms. The molecule has 2 atom stereocenters. The van der Waals surface area contributed by atoms with Crippen molar-refractivity contribution in [3.8, 4) is 0 Å². The van der Waals surface area contributed by atoms with E-state index < -0.39 is 0 Å². The van der Waals surface area contributed by atoms with Crippen LogP contribution in [-0.2, 0) is 4.79 Å². The second-order valence-corrected chi connectivity index (χ2v) is 5.51. The number of carbonyl (C=O) groups excluding carboxylic acids is 1. The average Bonchev–Trinajstić information content (AvgIpc) is 2.55. The van der Waals surface area contributed by atoms with E-state index >= 15 is 0 Å². The van der Waals surface area contributed by atoms with Gasteiger partial charge in [-0.1, -0.05) is 68.8 Å². The van der Waals surface area contributed by atoms with E-state index in [9.17, 15) is 4.79 Å². The van der Waals surface area contributed by atoms with Gasteiger partial charge in [-0.2, -0.15) is 0 Å². The monoisotopic (exact) mass is 281 g/mol. The number of nitrogens with zero attached hydrogens (tertiary/aromatic N) is 1. The minimum Gasteiger partial charge on any atom is -0.315 e. The fourth-order valence-electron chi connectivity index (χ4n) is 2.60. The number of benzene rings is 2. The van der Waals surface area contributed by atoms with Gasteiger partial charge in [-0.3, -0.25) is 4.79 Å². The van der Waals surface area contributed by atoms with Crippen LogP contribution in [0.5, 0.6) is 0 Å². The first-order chi connectivity index (χ1) is 10.1. The maximum absolute atomic E-state index is 13.0. The molecule has 2 nitrogen and oxygen atoms in total. The summed E-state index contributed by atoms with van der Waals surface area (Å²) in [6.07, 6.45) is 0.980. The summed E-state index contributed by atoms with van der Waals surface area (Å²) in [5, 5.41) is 0. The first kappa shape index (κ1) is 15.3. The second kappa shape index (κ2) is 7.07. The summed E-state index contributed by atoms with van der Waals surface area (Å²) < 4.78 is 0. The van der Waals surface area contributed by atoms with Crippen molar-refractivity contribution in [2.24, 2.45) is 5.92 Å². The quantitative estimate of drug-likeness (QED) is 0.791. The Labute approximate surface area is 127 Å². The van der Waals surface area contributed by atoms with E-state index in [1.54, 1.807) is 4.90 Å². The van der Waals surface area contributed by atoms with Crippen LogP contribution in [0.15, 0.2) is 60.7 Å². The fraction of sp³-hybridized carbons (Fsp3) is 0.316. The first-order valence-electron chi connectivity index (χ1n) is 7.52. The normalized spacial score (nSPS) is 13.5. The number of hydrogen-bond acceptors (Lipinski definition) is 1. The van der Waals surface area contributed by atoms with Crippen LogP contribution in [0.3, 0.4) is 0 Å². The molecule has 2 aromatic rings. The summed E-state index contributed by atoms with van der Waals surface area (Å²) in [6.45, 7) is 4.28. The van der Waals surface area contributed by atoms with E-state index in [2.05, 4.69) is 13.8 Å². The Morgan fingerprint density at radius 2 is 1.52 bits per heavy atom. The Bertz CT molecular complexity index is 565. The molecule has 0 saturated heterocycles. The van der Waals surface area contributed by atoms with Crippen LogP contribution >= 0.6 is 0 Å². The predicted octanol–water partition coefficient (Wildman–Crippen LogP) is 4.48. The number of para-hydroxylation sites is 1. The Hall–Kier alpha value is -2.09. The van der Waals surface area contributed by atoms with Crippen LogP contribution in [0.1, 0.15) is 31.7 Å². The molecule has 0 saturated carbocycles. The van der Waals surface area contributed by atoms with Gasteiger partial charge < -0.3 is 4.90 Å². The average molecular weight is 281 g/mol. The van der Waals surface area contributed by atoms with Gasteiger partial charge in [-0.05, 0) is 23.6 Å². The minimum absolute atomic E-state index is 0.0959. The number of anilines is 1. The van der Waals surface area contributed by atoms with E-state index in [0.717, 1.165) is 17.7 Å². The molecule has 0 aliphatic carbocycles. The maximum atomic E-state index is 13.0. The van der Waals surface area contributed by atoms with Gasteiger partial charge in [0.15, 0.2) is 0 Å². The van der Waals surface area contributed by atoms with Gasteiger partial charge in [-0.15, -0.1) is 0 Å². The number of hydrogen-bond donors (Lipinski definition) is 0. The molecule has 0 spiro atoms.